The highest BCUT2D eigenvalue weighted by molar-refractivity contribution is 6.59. The first-order valence-electron chi connectivity index (χ1n) is 27.3. The maximum absolute atomic E-state index is 18.3. The predicted molar refractivity (Wildman–Crippen MR) is 296 cm³/mol. The minimum atomic E-state index is -4.54. The lowest BCUT2D eigenvalue weighted by molar-refractivity contribution is -0.363. The first kappa shape index (κ1) is 46.6. The molecule has 6 aliphatic rings. The van der Waals surface area contributed by atoms with Gasteiger partial charge in [0.05, 0.1) is 18.8 Å². The van der Waals surface area contributed by atoms with E-state index in [9.17, 15) is 14.4 Å². The Balaban J connectivity index is 0.769. The van der Waals surface area contributed by atoms with E-state index in [1.54, 1.807) is 26.0 Å². The first-order valence-corrected chi connectivity index (χ1v) is 27.3. The number of esters is 3. The molecule has 0 spiro atoms. The second-order valence-corrected chi connectivity index (χ2v) is 21.5. The number of halogens is 2. The molecule has 7 aromatic carbocycles. The van der Waals surface area contributed by atoms with Gasteiger partial charge in [0.15, 0.2) is 11.4 Å². The van der Waals surface area contributed by atoms with Gasteiger partial charge in [-0.2, -0.15) is 0 Å². The maximum Gasteiger partial charge on any atom is 0.737 e. The summed E-state index contributed by atoms with van der Waals surface area (Å²) in [5, 5.41) is 10.0. The Hall–Kier alpha value is -7.92. The van der Waals surface area contributed by atoms with Gasteiger partial charge in [-0.3, -0.25) is 4.79 Å². The summed E-state index contributed by atoms with van der Waals surface area (Å²) in [5.41, 5.74) is 10.2. The average molecular weight is 1010 g/mol. The van der Waals surface area contributed by atoms with E-state index in [4.69, 9.17) is 14.2 Å². The number of fused-ring (bicyclic) bond motifs is 15. The lowest BCUT2D eigenvalue weighted by Gasteiger charge is -2.35. The lowest BCUT2D eigenvalue weighted by atomic mass is 9.80. The Kier molecular flexibility index (Phi) is 11.0. The van der Waals surface area contributed by atoms with Gasteiger partial charge in [-0.15, -0.1) is 0 Å². The quantitative estimate of drug-likeness (QED) is 0.0286. The van der Waals surface area contributed by atoms with Crippen molar-refractivity contribution >= 4 is 85.3 Å². The zero-order valence-corrected chi connectivity index (χ0v) is 42.5. The molecular formula is C65H55BF2N2O6. The van der Waals surface area contributed by atoms with E-state index in [2.05, 4.69) is 66.7 Å². The molecule has 4 bridgehead atoms. The van der Waals surface area contributed by atoms with Crippen LogP contribution in [0.15, 0.2) is 150 Å². The summed E-state index contributed by atoms with van der Waals surface area (Å²) in [6.45, 7) is -0.749. The number of carbonyl (C=O) groups is 3. The molecule has 14 rings (SSSR count). The summed E-state index contributed by atoms with van der Waals surface area (Å²) in [6, 6.07) is 39.7. The summed E-state index contributed by atoms with van der Waals surface area (Å²) in [4.78, 5) is 39.0. The van der Waals surface area contributed by atoms with Crippen molar-refractivity contribution in [1.82, 2.24) is 4.48 Å². The Morgan fingerprint density at radius 1 is 0.632 bits per heavy atom. The van der Waals surface area contributed by atoms with Gasteiger partial charge in [0.25, 0.3) is 0 Å². The second-order valence-electron chi connectivity index (χ2n) is 21.5. The van der Waals surface area contributed by atoms with Crippen LogP contribution >= 0.6 is 0 Å². The van der Waals surface area contributed by atoms with Gasteiger partial charge in [0.1, 0.15) is 5.75 Å². The summed E-state index contributed by atoms with van der Waals surface area (Å²) >= 11 is 0. The van der Waals surface area contributed by atoms with Crippen molar-refractivity contribution in [2.75, 3.05) is 13.2 Å². The molecule has 4 atom stereocenters. The SMILES string of the molecule is CCOC(=O)/C=C/C1=[N+]2C(=C(c3ccc(-c4ccc(OC(=O)CCCc5ccc6c7cccc8cccc(c9cccc5c96)c87)cc4)cc3)c3c4c(c(/C=C/C(=O)OCC)n3[B-]2(F)F)C2CCC4C2)C2=C1C1CCC2C1. The van der Waals surface area contributed by atoms with Crippen molar-refractivity contribution in [2.24, 2.45) is 11.8 Å². The zero-order chi connectivity index (χ0) is 51.6. The van der Waals surface area contributed by atoms with Crippen LogP contribution in [0.1, 0.15) is 111 Å². The molecule has 8 nitrogen and oxygen atoms in total. The monoisotopic (exact) mass is 1010 g/mol. The van der Waals surface area contributed by atoms with Crippen LogP contribution in [0.4, 0.5) is 8.63 Å². The van der Waals surface area contributed by atoms with Crippen molar-refractivity contribution in [3.05, 3.63) is 184 Å². The van der Waals surface area contributed by atoms with E-state index in [-0.39, 0.29) is 49.3 Å². The van der Waals surface area contributed by atoms with Gasteiger partial charge < -0.3 is 31.8 Å². The van der Waals surface area contributed by atoms with Crippen molar-refractivity contribution in [2.45, 2.75) is 83.5 Å². The number of allylic oxidation sites excluding steroid dienone is 3. The van der Waals surface area contributed by atoms with E-state index in [1.807, 2.05) is 48.5 Å². The van der Waals surface area contributed by atoms with E-state index >= 15 is 8.63 Å². The van der Waals surface area contributed by atoms with E-state index in [0.29, 0.717) is 35.0 Å². The molecule has 4 unspecified atom stereocenters. The van der Waals surface area contributed by atoms with Crippen LogP contribution < -0.4 is 4.74 Å². The summed E-state index contributed by atoms with van der Waals surface area (Å²) in [6.07, 6.45) is 12.8. The molecular weight excluding hydrogens is 954 g/mol. The number of carbonyl (C=O) groups excluding carboxylic acids is 3. The molecule has 4 aliphatic carbocycles. The average Bonchev–Trinajstić information content (AvgIpc) is 4.33. The number of benzene rings is 7. The number of aromatic nitrogens is 1. The Morgan fingerprint density at radius 2 is 1.20 bits per heavy atom. The van der Waals surface area contributed by atoms with Gasteiger partial charge >= 0.3 is 24.9 Å². The fourth-order valence-corrected chi connectivity index (χ4v) is 14.7. The molecule has 11 heteroatoms. The van der Waals surface area contributed by atoms with Crippen LogP contribution in [-0.4, -0.2) is 52.8 Å². The topological polar surface area (TPSA) is 86.8 Å². The van der Waals surface area contributed by atoms with Gasteiger partial charge in [-0.25, -0.2) is 9.59 Å². The molecule has 0 radical (unpaired) electrons. The smallest absolute Gasteiger partial charge is 0.463 e. The molecule has 0 saturated heterocycles. The summed E-state index contributed by atoms with van der Waals surface area (Å²) < 4.78 is 55.6. The molecule has 8 aromatic rings. The van der Waals surface area contributed by atoms with Crippen LogP contribution in [0.2, 0.25) is 0 Å². The lowest BCUT2D eigenvalue weighted by Crippen LogP contribution is -2.52. The predicted octanol–water partition coefficient (Wildman–Crippen LogP) is 14.4. The summed E-state index contributed by atoms with van der Waals surface area (Å²) in [5.74, 6) is -0.530. The molecule has 0 amide bonds. The minimum Gasteiger partial charge on any atom is -0.463 e. The third kappa shape index (κ3) is 7.06. The Labute approximate surface area is 439 Å². The number of rotatable bonds is 13. The highest BCUT2D eigenvalue weighted by Gasteiger charge is 2.63. The van der Waals surface area contributed by atoms with Crippen molar-refractivity contribution in [1.29, 1.82) is 0 Å². The normalized spacial score (nSPS) is 20.8. The third-order valence-corrected chi connectivity index (χ3v) is 17.6. The van der Waals surface area contributed by atoms with Gasteiger partial charge in [0.2, 0.25) is 0 Å². The highest BCUT2D eigenvalue weighted by Crippen LogP contribution is 2.63. The molecule has 3 heterocycles. The van der Waals surface area contributed by atoms with Crippen LogP contribution in [0.5, 0.6) is 5.75 Å². The fraction of sp³-hybridized carbons (Fsp3) is 0.262. The molecule has 76 heavy (non-hydrogen) atoms. The Bertz CT molecular complexity index is 3920. The summed E-state index contributed by atoms with van der Waals surface area (Å²) in [7, 11) is 0. The number of hydrogen-bond donors (Lipinski definition) is 0. The number of ether oxygens (including phenoxy) is 3. The van der Waals surface area contributed by atoms with Gasteiger partial charge in [0, 0.05) is 47.2 Å². The largest absolute Gasteiger partial charge is 0.737 e. The molecule has 2 saturated carbocycles. The number of hydrogen-bond acceptors (Lipinski definition) is 6. The Morgan fingerprint density at radius 3 is 1.89 bits per heavy atom. The van der Waals surface area contributed by atoms with E-state index in [1.165, 1.54) is 69.8 Å². The van der Waals surface area contributed by atoms with Crippen molar-refractivity contribution in [3.63, 3.8) is 0 Å². The zero-order valence-electron chi connectivity index (χ0n) is 42.5. The molecule has 2 aliphatic heterocycles. The van der Waals surface area contributed by atoms with Gasteiger partial charge in [-0.05, 0) is 184 Å². The van der Waals surface area contributed by atoms with Crippen LogP contribution in [0, 0.1) is 11.8 Å². The van der Waals surface area contributed by atoms with E-state index < -0.39 is 18.9 Å². The number of aryl methyl sites for hydroxylation is 1. The second kappa shape index (κ2) is 17.9. The van der Waals surface area contributed by atoms with Crippen LogP contribution in [-0.2, 0) is 30.3 Å². The first-order chi connectivity index (χ1) is 37.1. The number of nitrogens with zero attached hydrogens (tertiary/aromatic N) is 2. The highest BCUT2D eigenvalue weighted by atomic mass is 19.2. The molecule has 378 valence electrons. The molecule has 0 N–H and O–H groups in total. The fourth-order valence-electron chi connectivity index (χ4n) is 14.7. The van der Waals surface area contributed by atoms with Crippen LogP contribution in [0.3, 0.4) is 0 Å². The van der Waals surface area contributed by atoms with Crippen molar-refractivity contribution in [3.8, 4) is 16.9 Å². The maximum atomic E-state index is 18.3. The van der Waals surface area contributed by atoms with E-state index in [0.717, 1.165) is 89.5 Å². The molecule has 1 aromatic heterocycles. The van der Waals surface area contributed by atoms with Gasteiger partial charge in [-0.1, -0.05) is 103 Å². The third-order valence-electron chi connectivity index (χ3n) is 17.6. The minimum absolute atomic E-state index is 0.105. The van der Waals surface area contributed by atoms with Crippen LogP contribution in [0.25, 0.3) is 65.9 Å². The standard InChI is InChI=1S/C65H55BF2N2O6/c1-3-74-54(71)33-31-52-58-42-21-23-44(35-42)60(58)64-62(65-61-45-24-22-43(36-45)59(61)53(32-34-55(72)75-4-2)70(65)66(67,68)69(52)64)41-19-17-37(18-20-41)38-25-28-46(29-26-38)76-56(73)16-7-9-39-27-30-51-49-14-6-11-40-10-5-13-48(57(40)49)50-15-8-12-47(39)63(50)51/h5-6,8,10-15,17-20,25-34,42-45H,3-4,7,9,16,21-24,35-36H2,1-2H3/b33-31+,34-32+. The van der Waals surface area contributed by atoms with Crippen molar-refractivity contribution < 1.29 is 41.7 Å². The molecule has 2 fully saturated rings.